The number of carbonyl (C=O) groups excluding carboxylic acids is 2. The molecular formula is C28H40N2O3. The molecular weight excluding hydrogens is 412 g/mol. The fraction of sp³-hybridized carbons (Fsp3) is 0.500. The largest absolute Gasteiger partial charge is 0.493 e. The van der Waals surface area contributed by atoms with Gasteiger partial charge < -0.3 is 15.4 Å². The number of hydrogen-bond donors (Lipinski definition) is 2. The van der Waals surface area contributed by atoms with Crippen LogP contribution in [0.2, 0.25) is 0 Å². The highest BCUT2D eigenvalue weighted by Gasteiger charge is 2.27. The summed E-state index contributed by atoms with van der Waals surface area (Å²) in [5.41, 5.74) is 1.64. The molecule has 4 atom stereocenters. The molecule has 2 amide bonds. The van der Waals surface area contributed by atoms with Crippen LogP contribution in [0.15, 0.2) is 54.6 Å². The number of nitrogens with one attached hydrogen (secondary N) is 2. The van der Waals surface area contributed by atoms with E-state index in [2.05, 4.69) is 38.3 Å². The van der Waals surface area contributed by atoms with Crippen molar-refractivity contribution in [2.24, 2.45) is 11.8 Å². The van der Waals surface area contributed by atoms with Gasteiger partial charge in [0, 0.05) is 6.04 Å². The number of ether oxygens (including phenoxy) is 1. The topological polar surface area (TPSA) is 67.4 Å². The van der Waals surface area contributed by atoms with Crippen LogP contribution in [0, 0.1) is 11.8 Å². The van der Waals surface area contributed by atoms with E-state index in [9.17, 15) is 9.59 Å². The van der Waals surface area contributed by atoms with Crippen LogP contribution in [0.25, 0.3) is 0 Å². The summed E-state index contributed by atoms with van der Waals surface area (Å²) >= 11 is 0. The maximum Gasteiger partial charge on any atom is 0.247 e. The van der Waals surface area contributed by atoms with Crippen LogP contribution in [0.1, 0.15) is 77.5 Å². The second-order valence-corrected chi connectivity index (χ2v) is 9.39. The summed E-state index contributed by atoms with van der Waals surface area (Å²) in [5.74, 6) is 0.772. The predicted molar refractivity (Wildman–Crippen MR) is 134 cm³/mol. The first kappa shape index (κ1) is 26.4. The van der Waals surface area contributed by atoms with Crippen LogP contribution >= 0.6 is 0 Å². The number of rotatable bonds is 12. The molecule has 0 saturated heterocycles. The SMILES string of the molecule is CCCC(C)COc1ccc([C@@H](NC(=O)[C@@H](C)c2ccccc2)C(=O)NC(C)C(C)C)cc1. The Labute approximate surface area is 199 Å². The number of amides is 2. The molecule has 0 aromatic heterocycles. The Balaban J connectivity index is 2.18. The Hall–Kier alpha value is -2.82. The molecule has 2 N–H and O–H groups in total. The molecule has 0 radical (unpaired) electrons. The molecule has 0 aliphatic carbocycles. The Kier molecular flexibility index (Phi) is 10.4. The maximum absolute atomic E-state index is 13.2. The van der Waals surface area contributed by atoms with Gasteiger partial charge in [-0.05, 0) is 55.4 Å². The summed E-state index contributed by atoms with van der Waals surface area (Å²) in [7, 11) is 0. The number of hydrogen-bond acceptors (Lipinski definition) is 3. The fourth-order valence-electron chi connectivity index (χ4n) is 3.51. The van der Waals surface area contributed by atoms with Crippen molar-refractivity contribution in [2.75, 3.05) is 6.61 Å². The van der Waals surface area contributed by atoms with E-state index in [1.807, 2.05) is 68.4 Å². The van der Waals surface area contributed by atoms with Crippen molar-refractivity contribution < 1.29 is 14.3 Å². The van der Waals surface area contributed by atoms with Gasteiger partial charge in [-0.15, -0.1) is 0 Å². The summed E-state index contributed by atoms with van der Waals surface area (Å²) < 4.78 is 5.90. The molecule has 0 fully saturated rings. The molecule has 0 bridgehead atoms. The van der Waals surface area contributed by atoms with Crippen LogP contribution < -0.4 is 15.4 Å². The van der Waals surface area contributed by atoms with Crippen molar-refractivity contribution in [1.29, 1.82) is 0 Å². The number of benzene rings is 2. The molecule has 2 rings (SSSR count). The van der Waals surface area contributed by atoms with Crippen molar-refractivity contribution in [3.63, 3.8) is 0 Å². The van der Waals surface area contributed by atoms with E-state index in [1.54, 1.807) is 0 Å². The summed E-state index contributed by atoms with van der Waals surface area (Å²) in [4.78, 5) is 26.2. The van der Waals surface area contributed by atoms with E-state index in [0.29, 0.717) is 12.5 Å². The predicted octanol–water partition coefficient (Wildman–Crippen LogP) is 5.62. The third-order valence-corrected chi connectivity index (χ3v) is 6.14. The molecule has 0 aliphatic heterocycles. The van der Waals surface area contributed by atoms with E-state index >= 15 is 0 Å². The Bertz CT molecular complexity index is 864. The van der Waals surface area contributed by atoms with Gasteiger partial charge in [0.05, 0.1) is 12.5 Å². The van der Waals surface area contributed by atoms with Gasteiger partial charge in [0.25, 0.3) is 0 Å². The van der Waals surface area contributed by atoms with Gasteiger partial charge in [-0.3, -0.25) is 9.59 Å². The Morgan fingerprint density at radius 3 is 2.03 bits per heavy atom. The maximum atomic E-state index is 13.2. The average Bonchev–Trinajstić information content (AvgIpc) is 2.81. The van der Waals surface area contributed by atoms with Gasteiger partial charge in [-0.25, -0.2) is 0 Å². The summed E-state index contributed by atoms with van der Waals surface area (Å²) in [6, 6.07) is 16.3. The minimum absolute atomic E-state index is 0.00823. The molecule has 5 nitrogen and oxygen atoms in total. The average molecular weight is 453 g/mol. The minimum Gasteiger partial charge on any atom is -0.493 e. The van der Waals surface area contributed by atoms with Crippen LogP contribution in [-0.4, -0.2) is 24.5 Å². The molecule has 0 spiro atoms. The summed E-state index contributed by atoms with van der Waals surface area (Å²) in [5, 5.41) is 6.02. The minimum atomic E-state index is -0.780. The lowest BCUT2D eigenvalue weighted by molar-refractivity contribution is -0.130. The van der Waals surface area contributed by atoms with Crippen LogP contribution in [0.5, 0.6) is 5.75 Å². The van der Waals surface area contributed by atoms with E-state index in [4.69, 9.17) is 4.74 Å². The van der Waals surface area contributed by atoms with Crippen molar-refractivity contribution in [2.45, 2.75) is 72.4 Å². The number of carbonyl (C=O) groups is 2. The van der Waals surface area contributed by atoms with Crippen molar-refractivity contribution >= 4 is 11.8 Å². The lowest BCUT2D eigenvalue weighted by Crippen LogP contribution is -2.45. The Morgan fingerprint density at radius 2 is 1.45 bits per heavy atom. The molecule has 5 heteroatoms. The van der Waals surface area contributed by atoms with Crippen molar-refractivity contribution in [3.8, 4) is 5.75 Å². The second-order valence-electron chi connectivity index (χ2n) is 9.39. The monoisotopic (exact) mass is 452 g/mol. The van der Waals surface area contributed by atoms with Crippen molar-refractivity contribution in [3.05, 3.63) is 65.7 Å². The second kappa shape index (κ2) is 13.0. The molecule has 180 valence electrons. The lowest BCUT2D eigenvalue weighted by atomic mass is 9.98. The fourth-order valence-corrected chi connectivity index (χ4v) is 3.51. The zero-order chi connectivity index (χ0) is 24.4. The molecule has 33 heavy (non-hydrogen) atoms. The molecule has 2 aromatic carbocycles. The van der Waals surface area contributed by atoms with Crippen LogP contribution in [0.4, 0.5) is 0 Å². The third-order valence-electron chi connectivity index (χ3n) is 6.14. The normalized spacial score (nSPS) is 14.8. The van der Waals surface area contributed by atoms with Gasteiger partial charge in [0.2, 0.25) is 11.8 Å². The highest BCUT2D eigenvalue weighted by molar-refractivity contribution is 5.91. The van der Waals surface area contributed by atoms with Crippen molar-refractivity contribution in [1.82, 2.24) is 10.6 Å². The molecule has 2 aromatic rings. The highest BCUT2D eigenvalue weighted by atomic mass is 16.5. The zero-order valence-electron chi connectivity index (χ0n) is 20.9. The lowest BCUT2D eigenvalue weighted by Gasteiger charge is -2.25. The first-order valence-electron chi connectivity index (χ1n) is 12.1. The van der Waals surface area contributed by atoms with Gasteiger partial charge in [0.1, 0.15) is 11.8 Å². The van der Waals surface area contributed by atoms with E-state index in [0.717, 1.165) is 29.7 Å². The van der Waals surface area contributed by atoms with Gasteiger partial charge in [-0.1, -0.05) is 76.6 Å². The summed E-state index contributed by atoms with van der Waals surface area (Å²) in [6.45, 7) is 13.0. The standard InChI is InChI=1S/C28H40N2O3/c1-7-11-20(4)18-33-25-16-14-24(15-17-25)26(28(32)29-22(6)19(2)3)30-27(31)21(5)23-12-9-8-10-13-23/h8-10,12-17,19-22,26H,7,11,18H2,1-6H3,(H,29,32)(H,30,31)/t20?,21-,22?,26+/m0/s1. The zero-order valence-corrected chi connectivity index (χ0v) is 20.9. The quantitative estimate of drug-likeness (QED) is 0.439. The van der Waals surface area contributed by atoms with Gasteiger partial charge in [0.15, 0.2) is 0 Å². The molecule has 0 heterocycles. The highest BCUT2D eigenvalue weighted by Crippen LogP contribution is 2.22. The smallest absolute Gasteiger partial charge is 0.247 e. The molecule has 0 aliphatic rings. The summed E-state index contributed by atoms with van der Waals surface area (Å²) in [6.07, 6.45) is 2.26. The molecule has 2 unspecified atom stereocenters. The van der Waals surface area contributed by atoms with E-state index in [-0.39, 0.29) is 29.7 Å². The van der Waals surface area contributed by atoms with E-state index < -0.39 is 6.04 Å². The molecule has 0 saturated carbocycles. The first-order valence-corrected chi connectivity index (χ1v) is 12.1. The first-order chi connectivity index (χ1) is 15.7. The van der Waals surface area contributed by atoms with E-state index in [1.165, 1.54) is 0 Å². The van der Waals surface area contributed by atoms with Crippen LogP contribution in [0.3, 0.4) is 0 Å². The third kappa shape index (κ3) is 8.23. The Morgan fingerprint density at radius 1 is 0.818 bits per heavy atom. The van der Waals surface area contributed by atoms with Crippen LogP contribution in [-0.2, 0) is 9.59 Å². The van der Waals surface area contributed by atoms with Gasteiger partial charge in [-0.2, -0.15) is 0 Å². The van der Waals surface area contributed by atoms with Gasteiger partial charge >= 0.3 is 0 Å².